The van der Waals surface area contributed by atoms with E-state index in [0.29, 0.717) is 6.61 Å². The second-order valence-electron chi connectivity index (χ2n) is 4.01. The standard InChI is InChI=1S/C14H20ClNO/c1-3-5-9-17-14-8-6-7-13(15)12(14)10-11(16)4-2/h3,6-8,11H,1,4-5,9-10,16H2,2H3. The molecule has 0 aliphatic carbocycles. The van der Waals surface area contributed by atoms with E-state index in [1.54, 1.807) is 0 Å². The van der Waals surface area contributed by atoms with Crippen molar-refractivity contribution in [1.82, 2.24) is 0 Å². The van der Waals surface area contributed by atoms with Crippen molar-refractivity contribution in [2.24, 2.45) is 5.73 Å². The first-order valence-electron chi connectivity index (χ1n) is 5.95. The van der Waals surface area contributed by atoms with Gasteiger partial charge in [-0.3, -0.25) is 0 Å². The van der Waals surface area contributed by atoms with Crippen LogP contribution in [-0.4, -0.2) is 12.6 Å². The Balaban J connectivity index is 2.80. The predicted molar refractivity (Wildman–Crippen MR) is 73.7 cm³/mol. The summed E-state index contributed by atoms with van der Waals surface area (Å²) in [6.45, 7) is 6.36. The summed E-state index contributed by atoms with van der Waals surface area (Å²) in [6.07, 6.45) is 4.34. The van der Waals surface area contributed by atoms with Gasteiger partial charge in [-0.1, -0.05) is 30.7 Å². The van der Waals surface area contributed by atoms with E-state index in [1.807, 2.05) is 24.3 Å². The van der Waals surface area contributed by atoms with E-state index in [-0.39, 0.29) is 6.04 Å². The molecule has 0 aliphatic heterocycles. The van der Waals surface area contributed by atoms with Gasteiger partial charge < -0.3 is 10.5 Å². The normalized spacial score (nSPS) is 12.2. The van der Waals surface area contributed by atoms with E-state index in [9.17, 15) is 0 Å². The Bertz CT molecular complexity index is 365. The van der Waals surface area contributed by atoms with Crippen LogP contribution in [0.15, 0.2) is 30.9 Å². The fourth-order valence-electron chi connectivity index (χ4n) is 1.53. The highest BCUT2D eigenvalue weighted by molar-refractivity contribution is 6.31. The van der Waals surface area contributed by atoms with Gasteiger partial charge in [-0.05, 0) is 31.4 Å². The Morgan fingerprint density at radius 1 is 1.53 bits per heavy atom. The SMILES string of the molecule is C=CCCOc1cccc(Cl)c1CC(N)CC. The third-order valence-electron chi connectivity index (χ3n) is 2.65. The molecule has 0 aromatic heterocycles. The van der Waals surface area contributed by atoms with Crippen molar-refractivity contribution in [1.29, 1.82) is 0 Å². The number of nitrogens with two attached hydrogens (primary N) is 1. The third kappa shape index (κ3) is 4.41. The Morgan fingerprint density at radius 2 is 2.29 bits per heavy atom. The van der Waals surface area contributed by atoms with Gasteiger partial charge in [-0.15, -0.1) is 6.58 Å². The number of benzene rings is 1. The van der Waals surface area contributed by atoms with Crippen LogP contribution in [0.2, 0.25) is 5.02 Å². The first-order valence-corrected chi connectivity index (χ1v) is 6.33. The third-order valence-corrected chi connectivity index (χ3v) is 3.00. The van der Waals surface area contributed by atoms with E-state index in [0.717, 1.165) is 35.6 Å². The van der Waals surface area contributed by atoms with Gasteiger partial charge in [0.15, 0.2) is 0 Å². The zero-order valence-electron chi connectivity index (χ0n) is 10.3. The van der Waals surface area contributed by atoms with Crippen LogP contribution < -0.4 is 10.5 Å². The highest BCUT2D eigenvalue weighted by Crippen LogP contribution is 2.28. The van der Waals surface area contributed by atoms with Gasteiger partial charge in [0.2, 0.25) is 0 Å². The molecule has 1 unspecified atom stereocenters. The molecule has 0 aliphatic rings. The molecule has 1 aromatic carbocycles. The van der Waals surface area contributed by atoms with Gasteiger partial charge in [-0.2, -0.15) is 0 Å². The Morgan fingerprint density at radius 3 is 2.94 bits per heavy atom. The van der Waals surface area contributed by atoms with Gasteiger partial charge in [-0.25, -0.2) is 0 Å². The quantitative estimate of drug-likeness (QED) is 0.596. The van der Waals surface area contributed by atoms with E-state index < -0.39 is 0 Å². The average molecular weight is 254 g/mol. The molecule has 3 heteroatoms. The van der Waals surface area contributed by atoms with Gasteiger partial charge >= 0.3 is 0 Å². The molecule has 0 fully saturated rings. The Labute approximate surface area is 108 Å². The molecule has 17 heavy (non-hydrogen) atoms. The molecule has 1 rings (SSSR count). The summed E-state index contributed by atoms with van der Waals surface area (Å²) in [4.78, 5) is 0. The van der Waals surface area contributed by atoms with Crippen molar-refractivity contribution in [3.05, 3.63) is 41.4 Å². The summed E-state index contributed by atoms with van der Waals surface area (Å²) >= 11 is 6.19. The fourth-order valence-corrected chi connectivity index (χ4v) is 1.77. The summed E-state index contributed by atoms with van der Waals surface area (Å²) in [6, 6.07) is 5.83. The molecule has 0 saturated carbocycles. The van der Waals surface area contributed by atoms with Crippen molar-refractivity contribution in [3.63, 3.8) is 0 Å². The molecular weight excluding hydrogens is 234 g/mol. The lowest BCUT2D eigenvalue weighted by Crippen LogP contribution is -2.22. The highest BCUT2D eigenvalue weighted by Gasteiger charge is 2.11. The lowest BCUT2D eigenvalue weighted by molar-refractivity contribution is 0.320. The summed E-state index contributed by atoms with van der Waals surface area (Å²) < 4.78 is 5.69. The summed E-state index contributed by atoms with van der Waals surface area (Å²) in [5, 5.41) is 0.727. The van der Waals surface area contributed by atoms with E-state index in [1.165, 1.54) is 0 Å². The van der Waals surface area contributed by atoms with Crippen molar-refractivity contribution in [2.45, 2.75) is 32.2 Å². The highest BCUT2D eigenvalue weighted by atomic mass is 35.5. The second kappa shape index (κ2) is 7.36. The van der Waals surface area contributed by atoms with Crippen LogP contribution in [0.1, 0.15) is 25.3 Å². The molecule has 0 amide bonds. The molecule has 0 saturated heterocycles. The van der Waals surface area contributed by atoms with Gasteiger partial charge in [0.25, 0.3) is 0 Å². The van der Waals surface area contributed by atoms with Crippen LogP contribution in [0, 0.1) is 0 Å². The lowest BCUT2D eigenvalue weighted by atomic mass is 10.0. The van der Waals surface area contributed by atoms with Crippen molar-refractivity contribution < 1.29 is 4.74 Å². The molecule has 0 heterocycles. The topological polar surface area (TPSA) is 35.2 Å². The first kappa shape index (κ1) is 14.1. The Kier molecular flexibility index (Phi) is 6.09. The number of hydrogen-bond acceptors (Lipinski definition) is 2. The predicted octanol–water partition coefficient (Wildman–Crippen LogP) is 3.57. The number of halogens is 1. The van der Waals surface area contributed by atoms with Crippen LogP contribution >= 0.6 is 11.6 Å². The van der Waals surface area contributed by atoms with Crippen LogP contribution in [0.25, 0.3) is 0 Å². The van der Waals surface area contributed by atoms with E-state index >= 15 is 0 Å². The van der Waals surface area contributed by atoms with Gasteiger partial charge in [0, 0.05) is 16.6 Å². The van der Waals surface area contributed by atoms with Crippen LogP contribution in [0.5, 0.6) is 5.75 Å². The van der Waals surface area contributed by atoms with Crippen molar-refractivity contribution >= 4 is 11.6 Å². The molecule has 0 radical (unpaired) electrons. The number of rotatable bonds is 7. The van der Waals surface area contributed by atoms with Crippen LogP contribution in [0.3, 0.4) is 0 Å². The van der Waals surface area contributed by atoms with E-state index in [4.69, 9.17) is 22.1 Å². The minimum Gasteiger partial charge on any atom is -0.493 e. The van der Waals surface area contributed by atoms with Crippen LogP contribution in [-0.2, 0) is 6.42 Å². The molecule has 2 nitrogen and oxygen atoms in total. The lowest BCUT2D eigenvalue weighted by Gasteiger charge is -2.15. The average Bonchev–Trinajstić information content (AvgIpc) is 2.33. The largest absolute Gasteiger partial charge is 0.493 e. The van der Waals surface area contributed by atoms with Gasteiger partial charge in [0.05, 0.1) is 6.61 Å². The van der Waals surface area contributed by atoms with E-state index in [2.05, 4.69) is 13.5 Å². The smallest absolute Gasteiger partial charge is 0.124 e. The number of hydrogen-bond donors (Lipinski definition) is 1. The fraction of sp³-hybridized carbons (Fsp3) is 0.429. The summed E-state index contributed by atoms with van der Waals surface area (Å²) in [7, 11) is 0. The molecule has 1 atom stereocenters. The first-order chi connectivity index (χ1) is 8.19. The number of ether oxygens (including phenoxy) is 1. The monoisotopic (exact) mass is 253 g/mol. The molecule has 1 aromatic rings. The summed E-state index contributed by atoms with van der Waals surface area (Å²) in [5.74, 6) is 0.836. The van der Waals surface area contributed by atoms with Crippen molar-refractivity contribution in [2.75, 3.05) is 6.61 Å². The maximum Gasteiger partial charge on any atom is 0.124 e. The second-order valence-corrected chi connectivity index (χ2v) is 4.42. The molecule has 0 bridgehead atoms. The van der Waals surface area contributed by atoms with Crippen molar-refractivity contribution in [3.8, 4) is 5.75 Å². The van der Waals surface area contributed by atoms with Gasteiger partial charge in [0.1, 0.15) is 5.75 Å². The minimum atomic E-state index is 0.122. The molecule has 94 valence electrons. The Hall–Kier alpha value is -0.990. The summed E-state index contributed by atoms with van der Waals surface area (Å²) in [5.41, 5.74) is 6.97. The molecule has 2 N–H and O–H groups in total. The van der Waals surface area contributed by atoms with Crippen LogP contribution in [0.4, 0.5) is 0 Å². The zero-order valence-corrected chi connectivity index (χ0v) is 11.0. The zero-order chi connectivity index (χ0) is 12.7. The molecule has 0 spiro atoms. The molecular formula is C14H20ClNO. The maximum atomic E-state index is 6.19. The minimum absolute atomic E-state index is 0.122. The maximum absolute atomic E-state index is 6.19.